The molecule has 1 aliphatic rings. The molecule has 0 atom stereocenters. The Bertz CT molecular complexity index is 1160. The second kappa shape index (κ2) is 11.6. The van der Waals surface area contributed by atoms with Crippen molar-refractivity contribution in [2.24, 2.45) is 5.73 Å². The zero-order valence-electron chi connectivity index (χ0n) is 22.6. The number of aryl methyl sites for hydroxylation is 1. The molecule has 1 heterocycles. The molecule has 7 heteroatoms. The van der Waals surface area contributed by atoms with Crippen molar-refractivity contribution in [1.82, 2.24) is 15.3 Å². The summed E-state index contributed by atoms with van der Waals surface area (Å²) >= 11 is 0. The maximum absolute atomic E-state index is 12.1. The molecular formula is C29H41N5O2. The molecular weight excluding hydrogens is 450 g/mol. The first-order valence-corrected chi connectivity index (χ1v) is 12.8. The van der Waals surface area contributed by atoms with E-state index in [2.05, 4.69) is 55.1 Å². The summed E-state index contributed by atoms with van der Waals surface area (Å²) in [6, 6.07) is 4.75. The Hall–Kier alpha value is -3.35. The fourth-order valence-electron chi connectivity index (χ4n) is 4.49. The van der Waals surface area contributed by atoms with Crippen molar-refractivity contribution in [2.75, 3.05) is 5.32 Å². The maximum Gasteiger partial charge on any atom is 0.407 e. The van der Waals surface area contributed by atoms with Crippen molar-refractivity contribution in [3.05, 3.63) is 59.5 Å². The molecule has 1 aromatic carbocycles. The van der Waals surface area contributed by atoms with Crippen LogP contribution in [-0.4, -0.2) is 33.7 Å². The minimum Gasteiger partial charge on any atom is -0.444 e. The molecule has 4 N–H and O–H groups in total. The maximum atomic E-state index is 12.1. The minimum atomic E-state index is -0.488. The largest absolute Gasteiger partial charge is 0.444 e. The lowest BCUT2D eigenvalue weighted by Crippen LogP contribution is -2.42. The number of alkyl carbamates (subject to hydrolysis) is 1. The van der Waals surface area contributed by atoms with Crippen LogP contribution in [0.3, 0.4) is 0 Å². The van der Waals surface area contributed by atoms with Crippen LogP contribution in [0.2, 0.25) is 0 Å². The van der Waals surface area contributed by atoms with Gasteiger partial charge in [0.05, 0.1) is 5.52 Å². The third kappa shape index (κ3) is 7.57. The van der Waals surface area contributed by atoms with Gasteiger partial charge in [0.1, 0.15) is 5.60 Å². The van der Waals surface area contributed by atoms with Gasteiger partial charge in [-0.3, -0.25) is 0 Å². The predicted molar refractivity (Wildman–Crippen MR) is 149 cm³/mol. The normalized spacial score (nSPS) is 18.2. The number of hydrogen-bond acceptors (Lipinski definition) is 6. The van der Waals surface area contributed by atoms with Gasteiger partial charge in [0.2, 0.25) is 5.95 Å². The lowest BCUT2D eigenvalue weighted by atomic mass is 9.91. The number of fused-ring (bicyclic) bond motifs is 1. The van der Waals surface area contributed by atoms with Crippen LogP contribution in [0.1, 0.15) is 78.4 Å². The minimum absolute atomic E-state index is 0.135. The quantitative estimate of drug-likeness (QED) is 0.395. The second-order valence-corrected chi connectivity index (χ2v) is 10.8. The van der Waals surface area contributed by atoms with E-state index < -0.39 is 5.60 Å². The summed E-state index contributed by atoms with van der Waals surface area (Å²) in [5.41, 5.74) is 11.4. The molecule has 7 nitrogen and oxygen atoms in total. The molecule has 0 saturated heterocycles. The number of carbonyl (C=O) groups excluding carboxylic acids is 1. The van der Waals surface area contributed by atoms with E-state index in [1.54, 1.807) is 0 Å². The SMILES string of the molecule is C=C(N)/C=C\C(=C(C)C)c1cc(CC)c2nc(NC3CCC(NC(=O)OC(C)(C)C)CC3)ncc2c1. The van der Waals surface area contributed by atoms with Gasteiger partial charge in [-0.2, -0.15) is 0 Å². The van der Waals surface area contributed by atoms with Crippen LogP contribution in [0.25, 0.3) is 16.5 Å². The number of hydrogen-bond donors (Lipinski definition) is 3. The number of nitrogens with two attached hydrogens (primary N) is 1. The number of benzene rings is 1. The molecule has 3 rings (SSSR count). The van der Waals surface area contributed by atoms with Gasteiger partial charge < -0.3 is 21.1 Å². The Balaban J connectivity index is 1.71. The fourth-order valence-corrected chi connectivity index (χ4v) is 4.49. The number of carbonyl (C=O) groups is 1. The first-order valence-electron chi connectivity index (χ1n) is 12.8. The standard InChI is InChI=1S/C29H41N5O2/c1-8-20-15-21(25(18(2)3)14-9-19(4)30)16-22-17-31-27(34-26(20)22)32-23-10-12-24(13-11-23)33-28(35)36-29(5,6)7/h9,14-17,23-24H,4,8,10-13,30H2,1-3,5-7H3,(H,33,35)(H,31,32,34)/b14-9-. The molecule has 0 spiro atoms. The first kappa shape index (κ1) is 27.2. The molecule has 1 fully saturated rings. The molecule has 0 bridgehead atoms. The molecule has 0 aliphatic heterocycles. The highest BCUT2D eigenvalue weighted by Gasteiger charge is 2.25. The third-order valence-corrected chi connectivity index (χ3v) is 6.24. The van der Waals surface area contributed by atoms with Gasteiger partial charge in [-0.1, -0.05) is 25.2 Å². The van der Waals surface area contributed by atoms with E-state index in [4.69, 9.17) is 15.5 Å². The molecule has 1 saturated carbocycles. The van der Waals surface area contributed by atoms with Crippen molar-refractivity contribution in [3.8, 4) is 0 Å². The van der Waals surface area contributed by atoms with Gasteiger partial charge in [0, 0.05) is 29.4 Å². The van der Waals surface area contributed by atoms with E-state index in [1.165, 1.54) is 11.1 Å². The number of aromatic nitrogens is 2. The lowest BCUT2D eigenvalue weighted by molar-refractivity contribution is 0.0492. The second-order valence-electron chi connectivity index (χ2n) is 10.8. The van der Waals surface area contributed by atoms with Crippen LogP contribution < -0.4 is 16.4 Å². The highest BCUT2D eigenvalue weighted by Crippen LogP contribution is 2.29. The predicted octanol–water partition coefficient (Wildman–Crippen LogP) is 6.26. The van der Waals surface area contributed by atoms with Crippen molar-refractivity contribution >= 4 is 28.5 Å². The van der Waals surface area contributed by atoms with Crippen LogP contribution in [0.5, 0.6) is 0 Å². The number of anilines is 1. The molecule has 194 valence electrons. The lowest BCUT2D eigenvalue weighted by Gasteiger charge is -2.30. The van der Waals surface area contributed by atoms with Crippen LogP contribution in [0.15, 0.2) is 48.3 Å². The zero-order chi connectivity index (χ0) is 26.5. The number of nitrogens with zero attached hydrogens (tertiary/aromatic N) is 2. The summed E-state index contributed by atoms with van der Waals surface area (Å²) in [6.07, 6.45) is 9.92. The van der Waals surface area contributed by atoms with E-state index in [1.807, 2.05) is 39.1 Å². The van der Waals surface area contributed by atoms with Crippen molar-refractivity contribution in [1.29, 1.82) is 0 Å². The van der Waals surface area contributed by atoms with Gasteiger partial charge in [0.25, 0.3) is 0 Å². The van der Waals surface area contributed by atoms with E-state index in [0.29, 0.717) is 11.6 Å². The number of ether oxygens (including phenoxy) is 1. The van der Waals surface area contributed by atoms with E-state index in [0.717, 1.165) is 54.1 Å². The summed E-state index contributed by atoms with van der Waals surface area (Å²) < 4.78 is 5.38. The average molecular weight is 492 g/mol. The summed E-state index contributed by atoms with van der Waals surface area (Å²) in [4.78, 5) is 21.6. The summed E-state index contributed by atoms with van der Waals surface area (Å²) in [5.74, 6) is 0.648. The average Bonchev–Trinajstić information content (AvgIpc) is 2.78. The van der Waals surface area contributed by atoms with Crippen LogP contribution in [0, 0.1) is 0 Å². The number of amides is 1. The molecule has 1 aromatic heterocycles. The third-order valence-electron chi connectivity index (χ3n) is 6.24. The highest BCUT2D eigenvalue weighted by molar-refractivity contribution is 5.89. The van der Waals surface area contributed by atoms with Crippen LogP contribution >= 0.6 is 0 Å². The van der Waals surface area contributed by atoms with Gasteiger partial charge in [-0.15, -0.1) is 0 Å². The first-order chi connectivity index (χ1) is 16.9. The number of rotatable bonds is 7. The van der Waals surface area contributed by atoms with Crippen molar-refractivity contribution in [2.45, 2.75) is 91.3 Å². The van der Waals surface area contributed by atoms with Crippen molar-refractivity contribution in [3.63, 3.8) is 0 Å². The monoisotopic (exact) mass is 491 g/mol. The zero-order valence-corrected chi connectivity index (χ0v) is 22.6. The van der Waals surface area contributed by atoms with Crippen LogP contribution in [0.4, 0.5) is 10.7 Å². The van der Waals surface area contributed by atoms with Crippen molar-refractivity contribution < 1.29 is 9.53 Å². The van der Waals surface area contributed by atoms with E-state index >= 15 is 0 Å². The van der Waals surface area contributed by atoms with Crippen LogP contribution in [-0.2, 0) is 11.2 Å². The van der Waals surface area contributed by atoms with Gasteiger partial charge >= 0.3 is 6.09 Å². The molecule has 0 unspecified atom stereocenters. The molecule has 36 heavy (non-hydrogen) atoms. The Labute approximate surface area is 215 Å². The Morgan fingerprint density at radius 2 is 1.83 bits per heavy atom. The summed E-state index contributed by atoms with van der Waals surface area (Å²) in [7, 11) is 0. The molecule has 2 aromatic rings. The Kier molecular flexibility index (Phi) is 8.77. The van der Waals surface area contributed by atoms with Gasteiger partial charge in [-0.25, -0.2) is 14.8 Å². The van der Waals surface area contributed by atoms with E-state index in [9.17, 15) is 4.79 Å². The number of allylic oxidation sites excluding steroid dienone is 4. The molecule has 0 radical (unpaired) electrons. The van der Waals surface area contributed by atoms with Gasteiger partial charge in [-0.05, 0) is 102 Å². The smallest absolute Gasteiger partial charge is 0.407 e. The summed E-state index contributed by atoms with van der Waals surface area (Å²) in [5, 5.41) is 7.52. The Morgan fingerprint density at radius 3 is 2.42 bits per heavy atom. The van der Waals surface area contributed by atoms with Gasteiger partial charge in [0.15, 0.2) is 0 Å². The highest BCUT2D eigenvalue weighted by atomic mass is 16.6. The van der Waals surface area contributed by atoms with E-state index in [-0.39, 0.29) is 18.2 Å². The Morgan fingerprint density at radius 1 is 1.17 bits per heavy atom. The fraction of sp³-hybridized carbons (Fsp3) is 0.483. The number of nitrogens with one attached hydrogen (secondary N) is 2. The molecule has 1 aliphatic carbocycles. The summed E-state index contributed by atoms with van der Waals surface area (Å²) in [6.45, 7) is 15.7. The topological polar surface area (TPSA) is 102 Å². The molecule has 1 amide bonds.